The van der Waals surface area contributed by atoms with E-state index in [4.69, 9.17) is 23.2 Å². The molecule has 3 aromatic rings. The summed E-state index contributed by atoms with van der Waals surface area (Å²) in [6.45, 7) is 0.748. The molecule has 0 saturated carbocycles. The fraction of sp³-hybridized carbons (Fsp3) is 0.231. The molecule has 3 aromatic carbocycles. The van der Waals surface area contributed by atoms with Crippen molar-refractivity contribution in [1.82, 2.24) is 4.90 Å². The van der Waals surface area contributed by atoms with Gasteiger partial charge in [-0.15, -0.1) is 0 Å². The second kappa shape index (κ2) is 11.3. The molecule has 1 fully saturated rings. The van der Waals surface area contributed by atoms with E-state index in [0.717, 1.165) is 23.6 Å². The first-order chi connectivity index (χ1) is 17.3. The molecule has 0 atom stereocenters. The van der Waals surface area contributed by atoms with Crippen molar-refractivity contribution in [3.05, 3.63) is 88.4 Å². The summed E-state index contributed by atoms with van der Waals surface area (Å²) >= 11 is 12.5. The largest absolute Gasteiger partial charge is 0.339 e. The van der Waals surface area contributed by atoms with Gasteiger partial charge >= 0.3 is 0 Å². The van der Waals surface area contributed by atoms with Crippen LogP contribution in [-0.2, 0) is 14.8 Å². The first-order valence-electron chi connectivity index (χ1n) is 11.5. The van der Waals surface area contributed by atoms with Crippen LogP contribution < -0.4 is 9.62 Å². The predicted molar refractivity (Wildman–Crippen MR) is 142 cm³/mol. The van der Waals surface area contributed by atoms with Crippen LogP contribution in [0.15, 0.2) is 77.7 Å². The van der Waals surface area contributed by atoms with Gasteiger partial charge in [0, 0.05) is 18.1 Å². The average Bonchev–Trinajstić information content (AvgIpc) is 2.89. The van der Waals surface area contributed by atoms with Gasteiger partial charge in [-0.2, -0.15) is 0 Å². The number of amides is 2. The maximum atomic E-state index is 13.5. The van der Waals surface area contributed by atoms with Crippen LogP contribution in [0.4, 0.5) is 11.4 Å². The van der Waals surface area contributed by atoms with Gasteiger partial charge in [0.2, 0.25) is 5.91 Å². The van der Waals surface area contributed by atoms with Gasteiger partial charge in [0.25, 0.3) is 15.9 Å². The fourth-order valence-electron chi connectivity index (χ4n) is 4.06. The van der Waals surface area contributed by atoms with Crippen molar-refractivity contribution in [2.75, 3.05) is 29.3 Å². The fourth-order valence-corrected chi connectivity index (χ4v) is 5.95. The molecule has 0 bridgehead atoms. The molecule has 36 heavy (non-hydrogen) atoms. The quantitative estimate of drug-likeness (QED) is 0.427. The van der Waals surface area contributed by atoms with Gasteiger partial charge < -0.3 is 10.2 Å². The number of rotatable bonds is 7. The van der Waals surface area contributed by atoms with Gasteiger partial charge in [-0.05, 0) is 61.7 Å². The van der Waals surface area contributed by atoms with Crippen LogP contribution >= 0.6 is 23.2 Å². The summed E-state index contributed by atoms with van der Waals surface area (Å²) in [5, 5.41) is 3.10. The van der Waals surface area contributed by atoms with Gasteiger partial charge in [0.1, 0.15) is 6.54 Å². The Labute approximate surface area is 220 Å². The number of halogens is 2. The van der Waals surface area contributed by atoms with E-state index in [2.05, 4.69) is 5.32 Å². The molecule has 0 radical (unpaired) electrons. The number of anilines is 2. The molecule has 0 aliphatic carbocycles. The van der Waals surface area contributed by atoms with E-state index >= 15 is 0 Å². The lowest BCUT2D eigenvalue weighted by atomic mass is 10.1. The Morgan fingerprint density at radius 3 is 2.28 bits per heavy atom. The number of likely N-dealkylation sites (tertiary alicyclic amines) is 1. The molecular weight excluding hydrogens is 521 g/mol. The highest BCUT2D eigenvalue weighted by molar-refractivity contribution is 7.92. The summed E-state index contributed by atoms with van der Waals surface area (Å²) in [6.07, 6.45) is 2.96. The van der Waals surface area contributed by atoms with Crippen molar-refractivity contribution in [3.63, 3.8) is 0 Å². The lowest BCUT2D eigenvalue weighted by molar-refractivity contribution is -0.114. The predicted octanol–water partition coefficient (Wildman–Crippen LogP) is 5.45. The highest BCUT2D eigenvalue weighted by atomic mass is 35.5. The molecule has 1 aliphatic rings. The Balaban J connectivity index is 1.64. The number of piperidine rings is 1. The van der Waals surface area contributed by atoms with Crippen molar-refractivity contribution in [2.45, 2.75) is 24.2 Å². The molecule has 1 aliphatic heterocycles. The van der Waals surface area contributed by atoms with E-state index in [-0.39, 0.29) is 26.5 Å². The van der Waals surface area contributed by atoms with Crippen LogP contribution in [0.1, 0.15) is 29.6 Å². The third-order valence-corrected chi connectivity index (χ3v) is 8.20. The van der Waals surface area contributed by atoms with E-state index < -0.39 is 22.5 Å². The number of para-hydroxylation sites is 1. The third kappa shape index (κ3) is 5.83. The van der Waals surface area contributed by atoms with Crippen molar-refractivity contribution in [1.29, 1.82) is 0 Å². The van der Waals surface area contributed by atoms with E-state index in [1.807, 2.05) is 0 Å². The second-order valence-electron chi connectivity index (χ2n) is 8.37. The Kier molecular flexibility index (Phi) is 8.18. The monoisotopic (exact) mass is 545 g/mol. The summed E-state index contributed by atoms with van der Waals surface area (Å²) in [7, 11) is -4.17. The molecule has 1 N–H and O–H groups in total. The van der Waals surface area contributed by atoms with E-state index in [1.54, 1.807) is 47.4 Å². The van der Waals surface area contributed by atoms with Crippen LogP contribution in [0.5, 0.6) is 0 Å². The standard InChI is InChI=1S/C26H25Cl2N3O4S/c27-19-13-14-22(28)24(17-19)31(36(34,35)20-9-3-1-4-10-20)18-25(32)29-23-12-6-5-11-21(23)26(33)30-15-7-2-8-16-30/h1,3-6,9-14,17H,2,7-8,15-16,18H2,(H,29,32). The zero-order valence-electron chi connectivity index (χ0n) is 19.4. The van der Waals surface area contributed by atoms with Crippen LogP contribution in [0.2, 0.25) is 10.0 Å². The minimum absolute atomic E-state index is 0.00508. The van der Waals surface area contributed by atoms with Gasteiger partial charge in [-0.25, -0.2) is 8.42 Å². The number of hydrogen-bond donors (Lipinski definition) is 1. The van der Waals surface area contributed by atoms with Gasteiger partial charge in [-0.3, -0.25) is 13.9 Å². The highest BCUT2D eigenvalue weighted by Gasteiger charge is 2.29. The Morgan fingerprint density at radius 1 is 0.889 bits per heavy atom. The SMILES string of the molecule is O=C(CN(c1cc(Cl)ccc1Cl)S(=O)(=O)c1ccccc1)Nc1ccccc1C(=O)N1CCCCC1. The van der Waals surface area contributed by atoms with Crippen LogP contribution in [0.3, 0.4) is 0 Å². The number of sulfonamides is 1. The molecule has 0 unspecified atom stereocenters. The number of hydrogen-bond acceptors (Lipinski definition) is 4. The Morgan fingerprint density at radius 2 is 1.56 bits per heavy atom. The molecule has 0 aromatic heterocycles. The second-order valence-corrected chi connectivity index (χ2v) is 11.1. The molecule has 188 valence electrons. The number of benzene rings is 3. The zero-order chi connectivity index (χ0) is 25.7. The first kappa shape index (κ1) is 26.0. The summed E-state index contributed by atoms with van der Waals surface area (Å²) < 4.78 is 28.0. The molecule has 1 saturated heterocycles. The van der Waals surface area contributed by atoms with Crippen molar-refractivity contribution in [2.24, 2.45) is 0 Å². The number of nitrogens with one attached hydrogen (secondary N) is 1. The van der Waals surface area contributed by atoms with Crippen LogP contribution in [-0.4, -0.2) is 44.8 Å². The normalized spacial score (nSPS) is 13.8. The van der Waals surface area contributed by atoms with Gasteiger partial charge in [0.05, 0.1) is 26.9 Å². The molecule has 7 nitrogen and oxygen atoms in total. The van der Waals surface area contributed by atoms with Crippen LogP contribution in [0, 0.1) is 0 Å². The van der Waals surface area contributed by atoms with Crippen LogP contribution in [0.25, 0.3) is 0 Å². The molecule has 4 rings (SSSR count). The van der Waals surface area contributed by atoms with E-state index in [9.17, 15) is 18.0 Å². The van der Waals surface area contributed by atoms with E-state index in [0.29, 0.717) is 24.3 Å². The highest BCUT2D eigenvalue weighted by Crippen LogP contribution is 2.33. The molecule has 1 heterocycles. The zero-order valence-corrected chi connectivity index (χ0v) is 21.7. The number of carbonyl (C=O) groups excluding carboxylic acids is 2. The first-order valence-corrected chi connectivity index (χ1v) is 13.7. The summed E-state index contributed by atoms with van der Waals surface area (Å²) in [6, 6.07) is 18.8. The maximum absolute atomic E-state index is 13.5. The minimum atomic E-state index is -4.17. The smallest absolute Gasteiger partial charge is 0.264 e. The molecule has 0 spiro atoms. The molecule has 2 amide bonds. The lowest BCUT2D eigenvalue weighted by Crippen LogP contribution is -2.39. The lowest BCUT2D eigenvalue weighted by Gasteiger charge is -2.28. The Hall–Kier alpha value is -3.07. The van der Waals surface area contributed by atoms with Gasteiger partial charge in [-0.1, -0.05) is 53.5 Å². The summed E-state index contributed by atoms with van der Waals surface area (Å²) in [4.78, 5) is 28.1. The summed E-state index contributed by atoms with van der Waals surface area (Å²) in [5.74, 6) is -0.804. The van der Waals surface area contributed by atoms with E-state index in [1.165, 1.54) is 30.3 Å². The van der Waals surface area contributed by atoms with Crippen molar-refractivity contribution < 1.29 is 18.0 Å². The third-order valence-electron chi connectivity index (χ3n) is 5.87. The number of carbonyl (C=O) groups is 2. The molecule has 10 heteroatoms. The molecular formula is C26H25Cl2N3O4S. The maximum Gasteiger partial charge on any atom is 0.264 e. The number of nitrogens with zero attached hydrogens (tertiary/aromatic N) is 2. The van der Waals surface area contributed by atoms with Crippen molar-refractivity contribution in [3.8, 4) is 0 Å². The topological polar surface area (TPSA) is 86.8 Å². The minimum Gasteiger partial charge on any atom is -0.339 e. The Bertz CT molecular complexity index is 1360. The van der Waals surface area contributed by atoms with Gasteiger partial charge in [0.15, 0.2) is 0 Å². The summed E-state index contributed by atoms with van der Waals surface area (Å²) in [5.41, 5.74) is 0.735. The average molecular weight is 546 g/mol. The van der Waals surface area contributed by atoms with Crippen molar-refractivity contribution >= 4 is 56.4 Å².